The summed E-state index contributed by atoms with van der Waals surface area (Å²) in [7, 11) is 0. The summed E-state index contributed by atoms with van der Waals surface area (Å²) in [6.45, 7) is 0. The molecule has 2 nitrogen and oxygen atoms in total. The first-order chi connectivity index (χ1) is 8.83. The van der Waals surface area contributed by atoms with E-state index >= 15 is 0 Å². The normalized spacial score (nSPS) is 9.44. The van der Waals surface area contributed by atoms with Crippen molar-refractivity contribution in [2.75, 3.05) is 0 Å². The van der Waals surface area contributed by atoms with E-state index in [0.29, 0.717) is 11.1 Å². The van der Waals surface area contributed by atoms with Gasteiger partial charge < -0.3 is 0 Å². The van der Waals surface area contributed by atoms with Gasteiger partial charge in [-0.1, -0.05) is 30.3 Å². The highest BCUT2D eigenvalue weighted by atomic mass is 32.2. The minimum absolute atomic E-state index is 0.432. The molecular formula is C15H10N2S. The predicted octanol–water partition coefficient (Wildman–Crippen LogP) is 3.72. The molecule has 0 bridgehead atoms. The lowest BCUT2D eigenvalue weighted by atomic mass is 10.1. The number of hydrogen-bond acceptors (Lipinski definition) is 3. The van der Waals surface area contributed by atoms with Crippen LogP contribution in [-0.4, -0.2) is 0 Å². The molecule has 0 aromatic heterocycles. The zero-order valence-electron chi connectivity index (χ0n) is 9.63. The van der Waals surface area contributed by atoms with E-state index in [9.17, 15) is 0 Å². The minimum atomic E-state index is 0.432. The van der Waals surface area contributed by atoms with Gasteiger partial charge in [0, 0.05) is 10.6 Å². The lowest BCUT2D eigenvalue weighted by Crippen LogP contribution is -1.85. The molecule has 0 unspecified atom stereocenters. The van der Waals surface area contributed by atoms with Crippen molar-refractivity contribution >= 4 is 11.8 Å². The highest BCUT2D eigenvalue weighted by Gasteiger charge is 2.03. The quantitative estimate of drug-likeness (QED) is 0.780. The van der Waals surface area contributed by atoms with Gasteiger partial charge in [-0.3, -0.25) is 0 Å². The summed E-state index contributed by atoms with van der Waals surface area (Å²) in [6.07, 6.45) is 0. The molecule has 18 heavy (non-hydrogen) atoms. The Bertz CT molecular complexity index is 621. The molecule has 2 aromatic rings. The van der Waals surface area contributed by atoms with E-state index < -0.39 is 0 Å². The number of rotatable bonds is 3. The number of thioether (sulfide) groups is 1. The molecule has 0 amide bonds. The van der Waals surface area contributed by atoms with E-state index in [1.807, 2.05) is 36.4 Å². The van der Waals surface area contributed by atoms with Gasteiger partial charge >= 0.3 is 0 Å². The third-order valence-corrected chi connectivity index (χ3v) is 3.55. The standard InChI is InChI=1S/C15H10N2S/c16-9-13-6-7-15(8-14(13)10-17)18-11-12-4-2-1-3-5-12/h1-8H,11H2. The molecule has 2 rings (SSSR count). The summed E-state index contributed by atoms with van der Waals surface area (Å²) in [5.74, 6) is 0.859. The Morgan fingerprint density at radius 1 is 0.889 bits per heavy atom. The van der Waals surface area contributed by atoms with Crippen LogP contribution in [0.3, 0.4) is 0 Å². The summed E-state index contributed by atoms with van der Waals surface area (Å²) >= 11 is 1.66. The van der Waals surface area contributed by atoms with Crippen molar-refractivity contribution in [1.29, 1.82) is 10.5 Å². The fourth-order valence-corrected chi connectivity index (χ4v) is 2.44. The SMILES string of the molecule is N#Cc1ccc(SCc2ccccc2)cc1C#N. The van der Waals surface area contributed by atoms with Gasteiger partial charge in [-0.2, -0.15) is 10.5 Å². The van der Waals surface area contributed by atoms with Gasteiger partial charge in [0.1, 0.15) is 12.1 Å². The number of hydrogen-bond donors (Lipinski definition) is 0. The molecule has 86 valence electrons. The zero-order chi connectivity index (χ0) is 12.8. The van der Waals surface area contributed by atoms with Crippen molar-refractivity contribution in [3.05, 3.63) is 65.2 Å². The van der Waals surface area contributed by atoms with E-state index in [4.69, 9.17) is 10.5 Å². The third kappa shape index (κ3) is 2.91. The molecule has 0 heterocycles. The van der Waals surface area contributed by atoms with Crippen molar-refractivity contribution in [3.8, 4) is 12.1 Å². The lowest BCUT2D eigenvalue weighted by Gasteiger charge is -2.03. The molecule has 0 aliphatic carbocycles. The van der Waals surface area contributed by atoms with Gasteiger partial charge in [0.2, 0.25) is 0 Å². The largest absolute Gasteiger partial charge is 0.192 e. The van der Waals surface area contributed by atoms with Gasteiger partial charge in [-0.15, -0.1) is 11.8 Å². The van der Waals surface area contributed by atoms with E-state index in [0.717, 1.165) is 10.6 Å². The van der Waals surface area contributed by atoms with Crippen molar-refractivity contribution in [2.45, 2.75) is 10.6 Å². The van der Waals surface area contributed by atoms with Crippen LogP contribution in [-0.2, 0) is 5.75 Å². The summed E-state index contributed by atoms with van der Waals surface area (Å²) in [5, 5.41) is 17.8. The fourth-order valence-electron chi connectivity index (χ4n) is 1.54. The second-order valence-corrected chi connectivity index (χ2v) is 4.75. The van der Waals surface area contributed by atoms with Crippen LogP contribution in [0.2, 0.25) is 0 Å². The molecule has 2 aromatic carbocycles. The van der Waals surface area contributed by atoms with Gasteiger partial charge in [0.15, 0.2) is 0 Å². The summed E-state index contributed by atoms with van der Waals surface area (Å²) < 4.78 is 0. The Hall–Kier alpha value is -2.23. The number of benzene rings is 2. The molecule has 0 radical (unpaired) electrons. The maximum absolute atomic E-state index is 8.95. The molecular weight excluding hydrogens is 240 g/mol. The molecule has 3 heteroatoms. The van der Waals surface area contributed by atoms with Gasteiger partial charge in [-0.25, -0.2) is 0 Å². The summed E-state index contributed by atoms with van der Waals surface area (Å²) in [5.41, 5.74) is 2.11. The number of nitriles is 2. The van der Waals surface area contributed by atoms with Crippen LogP contribution < -0.4 is 0 Å². The third-order valence-electron chi connectivity index (χ3n) is 2.48. The van der Waals surface area contributed by atoms with Crippen LogP contribution in [0.15, 0.2) is 53.4 Å². The van der Waals surface area contributed by atoms with E-state index in [-0.39, 0.29) is 0 Å². The molecule has 0 aliphatic heterocycles. The van der Waals surface area contributed by atoms with Crippen LogP contribution in [0, 0.1) is 22.7 Å². The topological polar surface area (TPSA) is 47.6 Å². The summed E-state index contributed by atoms with van der Waals surface area (Å²) in [4.78, 5) is 1.01. The smallest absolute Gasteiger partial charge is 0.101 e. The molecule has 0 atom stereocenters. The van der Waals surface area contributed by atoms with Crippen LogP contribution in [0.5, 0.6) is 0 Å². The number of nitrogens with zero attached hydrogens (tertiary/aromatic N) is 2. The first-order valence-corrected chi connectivity index (χ1v) is 6.43. The van der Waals surface area contributed by atoms with E-state index in [1.165, 1.54) is 5.56 Å². The predicted molar refractivity (Wildman–Crippen MR) is 71.9 cm³/mol. The Balaban J connectivity index is 2.12. The molecule has 0 fully saturated rings. The first-order valence-electron chi connectivity index (χ1n) is 5.44. The van der Waals surface area contributed by atoms with E-state index in [1.54, 1.807) is 23.9 Å². The minimum Gasteiger partial charge on any atom is -0.192 e. The molecule has 0 N–H and O–H groups in total. The maximum atomic E-state index is 8.95. The molecule has 0 saturated heterocycles. The first kappa shape index (κ1) is 12.2. The van der Waals surface area contributed by atoms with Crippen molar-refractivity contribution in [1.82, 2.24) is 0 Å². The Morgan fingerprint density at radius 3 is 2.28 bits per heavy atom. The maximum Gasteiger partial charge on any atom is 0.101 e. The van der Waals surface area contributed by atoms with Gasteiger partial charge in [0.05, 0.1) is 11.1 Å². The van der Waals surface area contributed by atoms with Crippen LogP contribution >= 0.6 is 11.8 Å². The van der Waals surface area contributed by atoms with Crippen molar-refractivity contribution in [3.63, 3.8) is 0 Å². The van der Waals surface area contributed by atoms with Crippen LogP contribution in [0.1, 0.15) is 16.7 Å². The molecule has 0 aliphatic rings. The molecule has 0 saturated carbocycles. The summed E-state index contributed by atoms with van der Waals surface area (Å²) in [6, 6.07) is 19.6. The highest BCUT2D eigenvalue weighted by Crippen LogP contribution is 2.24. The van der Waals surface area contributed by atoms with Crippen LogP contribution in [0.25, 0.3) is 0 Å². The Labute approximate surface area is 110 Å². The monoisotopic (exact) mass is 250 g/mol. The van der Waals surface area contributed by atoms with Crippen molar-refractivity contribution in [2.24, 2.45) is 0 Å². The average Bonchev–Trinajstić information content (AvgIpc) is 2.45. The fraction of sp³-hybridized carbons (Fsp3) is 0.0667. The van der Waals surface area contributed by atoms with Gasteiger partial charge in [-0.05, 0) is 23.8 Å². The second kappa shape index (κ2) is 5.91. The zero-order valence-corrected chi connectivity index (χ0v) is 10.4. The van der Waals surface area contributed by atoms with Crippen LogP contribution in [0.4, 0.5) is 0 Å². The van der Waals surface area contributed by atoms with Crippen molar-refractivity contribution < 1.29 is 0 Å². The Kier molecular flexibility index (Phi) is 4.02. The highest BCUT2D eigenvalue weighted by molar-refractivity contribution is 7.98. The second-order valence-electron chi connectivity index (χ2n) is 3.71. The lowest BCUT2D eigenvalue weighted by molar-refractivity contribution is 1.34. The van der Waals surface area contributed by atoms with E-state index in [2.05, 4.69) is 12.1 Å². The average molecular weight is 250 g/mol. The Morgan fingerprint density at radius 2 is 1.61 bits per heavy atom. The molecule has 0 spiro atoms. The van der Waals surface area contributed by atoms with Gasteiger partial charge in [0.25, 0.3) is 0 Å².